The summed E-state index contributed by atoms with van der Waals surface area (Å²) in [5.41, 5.74) is 0. The molecule has 0 radical (unpaired) electrons. The van der Waals surface area contributed by atoms with E-state index in [1.807, 2.05) is 12.1 Å². The largest absolute Gasteiger partial charge is 0.448 e. The van der Waals surface area contributed by atoms with E-state index in [1.54, 1.807) is 0 Å². The number of hydrogen-bond donors (Lipinski definition) is 1. The van der Waals surface area contributed by atoms with Crippen LogP contribution in [0.5, 0.6) is 0 Å². The van der Waals surface area contributed by atoms with E-state index in [0.717, 1.165) is 42.0 Å². The van der Waals surface area contributed by atoms with Crippen molar-refractivity contribution >= 4 is 11.6 Å². The van der Waals surface area contributed by atoms with Gasteiger partial charge in [-0.3, -0.25) is 0 Å². The smallest absolute Gasteiger partial charge is 0.193 e. The van der Waals surface area contributed by atoms with E-state index in [1.165, 1.54) is 32.1 Å². The molecule has 5 unspecified atom stereocenters. The van der Waals surface area contributed by atoms with Gasteiger partial charge in [-0.25, -0.2) is 0 Å². The first kappa shape index (κ1) is 11.4. The van der Waals surface area contributed by atoms with E-state index >= 15 is 0 Å². The molecule has 5 atom stereocenters. The molecule has 3 fully saturated rings. The monoisotopic (exact) mass is 265 g/mol. The van der Waals surface area contributed by atoms with Crippen LogP contribution in [0.4, 0.5) is 0 Å². The Morgan fingerprint density at radius 1 is 1.17 bits per heavy atom. The maximum Gasteiger partial charge on any atom is 0.193 e. The Balaban J connectivity index is 1.39. The Morgan fingerprint density at radius 3 is 2.89 bits per heavy atom. The standard InChI is InChI=1S/C15H20ClNO/c16-15-5-4-10(18-15)8-17-14-7-9-6-13(14)12-3-1-2-11(9)12/h4-5,9,11-14,17H,1-3,6-8H2. The van der Waals surface area contributed by atoms with Gasteiger partial charge in [-0.15, -0.1) is 0 Å². The van der Waals surface area contributed by atoms with Crippen LogP contribution in [-0.2, 0) is 6.54 Å². The first-order chi connectivity index (χ1) is 8.81. The number of rotatable bonds is 3. The summed E-state index contributed by atoms with van der Waals surface area (Å²) in [4.78, 5) is 0. The third kappa shape index (κ3) is 1.73. The second-order valence-electron chi connectivity index (χ2n) is 6.35. The lowest BCUT2D eigenvalue weighted by Gasteiger charge is -2.32. The molecule has 2 bridgehead atoms. The molecule has 3 aliphatic carbocycles. The van der Waals surface area contributed by atoms with Crippen LogP contribution in [0.15, 0.2) is 16.5 Å². The van der Waals surface area contributed by atoms with Crippen LogP contribution in [0.1, 0.15) is 37.9 Å². The van der Waals surface area contributed by atoms with Crippen LogP contribution in [-0.4, -0.2) is 6.04 Å². The van der Waals surface area contributed by atoms with Gasteiger partial charge in [-0.1, -0.05) is 6.42 Å². The average molecular weight is 266 g/mol. The summed E-state index contributed by atoms with van der Waals surface area (Å²) in [7, 11) is 0. The van der Waals surface area contributed by atoms with Crippen LogP contribution < -0.4 is 5.32 Å². The fourth-order valence-corrected chi connectivity index (χ4v) is 5.14. The molecular weight excluding hydrogens is 246 g/mol. The number of hydrogen-bond acceptors (Lipinski definition) is 2. The quantitative estimate of drug-likeness (QED) is 0.898. The molecule has 4 rings (SSSR count). The molecule has 3 saturated carbocycles. The lowest BCUT2D eigenvalue weighted by Crippen LogP contribution is -2.38. The van der Waals surface area contributed by atoms with E-state index < -0.39 is 0 Å². The van der Waals surface area contributed by atoms with Gasteiger partial charge in [0.05, 0.1) is 6.54 Å². The molecule has 0 saturated heterocycles. The van der Waals surface area contributed by atoms with Gasteiger partial charge < -0.3 is 9.73 Å². The van der Waals surface area contributed by atoms with Crippen molar-refractivity contribution in [1.29, 1.82) is 0 Å². The van der Waals surface area contributed by atoms with Crippen LogP contribution in [0.3, 0.4) is 0 Å². The second kappa shape index (κ2) is 4.28. The zero-order valence-corrected chi connectivity index (χ0v) is 11.3. The summed E-state index contributed by atoms with van der Waals surface area (Å²) in [5, 5.41) is 4.20. The van der Waals surface area contributed by atoms with Crippen molar-refractivity contribution in [2.75, 3.05) is 0 Å². The summed E-state index contributed by atoms with van der Waals surface area (Å²) < 4.78 is 5.41. The lowest BCUT2D eigenvalue weighted by atomic mass is 9.79. The van der Waals surface area contributed by atoms with Crippen molar-refractivity contribution in [2.45, 2.75) is 44.7 Å². The van der Waals surface area contributed by atoms with E-state index in [2.05, 4.69) is 5.32 Å². The van der Waals surface area contributed by atoms with Crippen molar-refractivity contribution in [1.82, 2.24) is 5.32 Å². The maximum absolute atomic E-state index is 5.80. The van der Waals surface area contributed by atoms with Gasteiger partial charge in [0.2, 0.25) is 0 Å². The average Bonchev–Trinajstić information content (AvgIpc) is 3.08. The van der Waals surface area contributed by atoms with Crippen molar-refractivity contribution in [2.24, 2.45) is 23.7 Å². The summed E-state index contributed by atoms with van der Waals surface area (Å²) in [6, 6.07) is 4.52. The fourth-order valence-electron chi connectivity index (χ4n) is 4.98. The van der Waals surface area contributed by atoms with Gasteiger partial charge in [0, 0.05) is 6.04 Å². The van der Waals surface area contributed by atoms with E-state index in [4.69, 9.17) is 16.0 Å². The van der Waals surface area contributed by atoms with Gasteiger partial charge in [0.1, 0.15) is 5.76 Å². The molecule has 3 heteroatoms. The van der Waals surface area contributed by atoms with Crippen molar-refractivity contribution in [3.63, 3.8) is 0 Å². The predicted octanol–water partition coefficient (Wildman–Crippen LogP) is 3.85. The first-order valence-corrected chi connectivity index (χ1v) is 7.66. The molecule has 1 heterocycles. The van der Waals surface area contributed by atoms with Crippen molar-refractivity contribution in [3.05, 3.63) is 23.1 Å². The highest BCUT2D eigenvalue weighted by Gasteiger charge is 2.53. The normalized spacial score (nSPS) is 41.5. The minimum absolute atomic E-state index is 0.496. The minimum atomic E-state index is 0.496. The lowest BCUT2D eigenvalue weighted by molar-refractivity contribution is 0.205. The van der Waals surface area contributed by atoms with Gasteiger partial charge in [0.15, 0.2) is 5.22 Å². The molecule has 0 aromatic carbocycles. The molecule has 0 aliphatic heterocycles. The van der Waals surface area contributed by atoms with Crippen LogP contribution in [0, 0.1) is 23.7 Å². The molecule has 98 valence electrons. The molecule has 1 N–H and O–H groups in total. The van der Waals surface area contributed by atoms with Gasteiger partial charge in [-0.05, 0) is 73.1 Å². The molecule has 0 spiro atoms. The third-order valence-corrected chi connectivity index (χ3v) is 5.80. The Hall–Kier alpha value is -0.470. The van der Waals surface area contributed by atoms with Crippen LogP contribution in [0.2, 0.25) is 5.22 Å². The van der Waals surface area contributed by atoms with Gasteiger partial charge >= 0.3 is 0 Å². The highest BCUT2D eigenvalue weighted by Crippen LogP contribution is 2.58. The molecule has 1 aromatic heterocycles. The number of fused-ring (bicyclic) bond motifs is 5. The summed E-state index contributed by atoms with van der Waals surface area (Å²) in [6.07, 6.45) is 7.33. The minimum Gasteiger partial charge on any atom is -0.448 e. The first-order valence-electron chi connectivity index (χ1n) is 7.29. The van der Waals surface area contributed by atoms with E-state index in [0.29, 0.717) is 5.22 Å². The molecule has 1 aromatic rings. The molecule has 2 nitrogen and oxygen atoms in total. The Morgan fingerprint density at radius 2 is 2.06 bits per heavy atom. The number of halogens is 1. The highest BCUT2D eigenvalue weighted by molar-refractivity contribution is 6.28. The predicted molar refractivity (Wildman–Crippen MR) is 71.4 cm³/mol. The Kier molecular flexibility index (Phi) is 2.70. The molecule has 3 aliphatic rings. The second-order valence-corrected chi connectivity index (χ2v) is 6.72. The third-order valence-electron chi connectivity index (χ3n) is 5.60. The van der Waals surface area contributed by atoms with E-state index in [9.17, 15) is 0 Å². The van der Waals surface area contributed by atoms with E-state index in [-0.39, 0.29) is 0 Å². The van der Waals surface area contributed by atoms with Crippen molar-refractivity contribution < 1.29 is 4.42 Å². The molecule has 0 amide bonds. The Labute approximate surface area is 113 Å². The summed E-state index contributed by atoms with van der Waals surface area (Å²) in [5.74, 6) is 5.02. The summed E-state index contributed by atoms with van der Waals surface area (Å²) >= 11 is 5.80. The molecular formula is C15H20ClNO. The van der Waals surface area contributed by atoms with Crippen LogP contribution >= 0.6 is 11.6 Å². The number of nitrogens with one attached hydrogen (secondary N) is 1. The number of furan rings is 1. The Bertz CT molecular complexity index is 443. The zero-order chi connectivity index (χ0) is 12.1. The molecule has 18 heavy (non-hydrogen) atoms. The van der Waals surface area contributed by atoms with Crippen LogP contribution in [0.25, 0.3) is 0 Å². The topological polar surface area (TPSA) is 25.2 Å². The van der Waals surface area contributed by atoms with Gasteiger partial charge in [0.25, 0.3) is 0 Å². The van der Waals surface area contributed by atoms with Gasteiger partial charge in [-0.2, -0.15) is 0 Å². The zero-order valence-electron chi connectivity index (χ0n) is 10.6. The van der Waals surface area contributed by atoms with Crippen molar-refractivity contribution in [3.8, 4) is 0 Å². The summed E-state index contributed by atoms with van der Waals surface area (Å²) in [6.45, 7) is 0.831. The maximum atomic E-state index is 5.80. The fraction of sp³-hybridized carbons (Fsp3) is 0.733. The highest BCUT2D eigenvalue weighted by atomic mass is 35.5. The SMILES string of the molecule is Clc1ccc(CNC2CC3CC2C2CCCC32)o1.